The molecule has 3 aromatic heterocycles. The number of thiazole rings is 1. The van der Waals surface area contributed by atoms with Crippen LogP contribution in [0.4, 0.5) is 5.95 Å². The van der Waals surface area contributed by atoms with Gasteiger partial charge in [-0.1, -0.05) is 4.98 Å². The molecule has 0 aliphatic heterocycles. The zero-order valence-corrected chi connectivity index (χ0v) is 10.1. The molecule has 0 N–H and O–H groups in total. The standard InChI is InChI=1S/C9H6N6O3S/c16-7-3-6(11-9-14(7)1-2-19-9)4-13-5-10-8(12-13)15(17)18/h1-3,5H,4H2. The predicted octanol–water partition coefficient (Wildman–Crippen LogP) is 0.304. The third-order valence-corrected chi connectivity index (χ3v) is 3.12. The molecule has 96 valence electrons. The molecule has 0 unspecified atom stereocenters. The molecule has 0 spiro atoms. The molecule has 0 aliphatic carbocycles. The van der Waals surface area contributed by atoms with E-state index in [1.807, 2.05) is 0 Å². The Morgan fingerprint density at radius 1 is 1.47 bits per heavy atom. The predicted molar refractivity (Wildman–Crippen MR) is 65.1 cm³/mol. The molecule has 0 radical (unpaired) electrons. The van der Waals surface area contributed by atoms with Gasteiger partial charge in [-0.05, 0) is 4.92 Å². The Bertz CT molecular complexity index is 819. The molecule has 0 aliphatic rings. The Hall–Kier alpha value is -2.62. The summed E-state index contributed by atoms with van der Waals surface area (Å²) >= 11 is 1.33. The molecule has 19 heavy (non-hydrogen) atoms. The fourth-order valence-electron chi connectivity index (χ4n) is 1.58. The summed E-state index contributed by atoms with van der Waals surface area (Å²) < 4.78 is 2.70. The molecule has 0 saturated carbocycles. The Kier molecular flexibility index (Phi) is 2.56. The van der Waals surface area contributed by atoms with Gasteiger partial charge in [0.1, 0.15) is 6.54 Å². The molecule has 0 saturated heterocycles. The molecule has 9 nitrogen and oxygen atoms in total. The molecule has 3 rings (SSSR count). The van der Waals surface area contributed by atoms with Gasteiger partial charge in [0.15, 0.2) is 4.96 Å². The fraction of sp³-hybridized carbons (Fsp3) is 0.111. The number of hydrogen-bond donors (Lipinski definition) is 0. The highest BCUT2D eigenvalue weighted by Crippen LogP contribution is 2.08. The van der Waals surface area contributed by atoms with Crippen molar-refractivity contribution in [3.8, 4) is 0 Å². The lowest BCUT2D eigenvalue weighted by molar-refractivity contribution is -0.394. The highest BCUT2D eigenvalue weighted by Gasteiger charge is 2.14. The Balaban J connectivity index is 1.96. The van der Waals surface area contributed by atoms with E-state index in [9.17, 15) is 14.9 Å². The molecule has 0 bridgehead atoms. The Morgan fingerprint density at radius 2 is 2.32 bits per heavy atom. The zero-order valence-electron chi connectivity index (χ0n) is 9.33. The summed E-state index contributed by atoms with van der Waals surface area (Å²) in [6.45, 7) is 0.157. The average Bonchev–Trinajstić information content (AvgIpc) is 2.97. The van der Waals surface area contributed by atoms with Gasteiger partial charge >= 0.3 is 5.95 Å². The van der Waals surface area contributed by atoms with E-state index >= 15 is 0 Å². The van der Waals surface area contributed by atoms with Crippen molar-refractivity contribution < 1.29 is 4.92 Å². The first kappa shape index (κ1) is 11.5. The summed E-state index contributed by atoms with van der Waals surface area (Å²) in [6.07, 6.45) is 2.87. The maximum atomic E-state index is 11.7. The van der Waals surface area contributed by atoms with E-state index in [-0.39, 0.29) is 12.1 Å². The zero-order chi connectivity index (χ0) is 13.4. The van der Waals surface area contributed by atoms with Crippen LogP contribution >= 0.6 is 11.3 Å². The van der Waals surface area contributed by atoms with Crippen LogP contribution in [0.3, 0.4) is 0 Å². The Labute approximate surface area is 108 Å². The fourth-order valence-corrected chi connectivity index (χ4v) is 2.32. The molecule has 10 heteroatoms. The van der Waals surface area contributed by atoms with Crippen LogP contribution in [0.25, 0.3) is 4.96 Å². The van der Waals surface area contributed by atoms with Gasteiger partial charge in [-0.15, -0.1) is 11.3 Å². The molecule has 0 atom stereocenters. The summed E-state index contributed by atoms with van der Waals surface area (Å²) in [6, 6.07) is 1.37. The van der Waals surface area contributed by atoms with Crippen molar-refractivity contribution in [2.24, 2.45) is 0 Å². The first-order valence-electron chi connectivity index (χ1n) is 5.13. The summed E-state index contributed by atoms with van der Waals surface area (Å²) in [4.78, 5) is 29.9. The first-order valence-corrected chi connectivity index (χ1v) is 6.01. The third kappa shape index (κ3) is 2.08. The normalized spacial score (nSPS) is 10.9. The molecule has 3 aromatic rings. The van der Waals surface area contributed by atoms with Crippen LogP contribution in [-0.2, 0) is 6.54 Å². The largest absolute Gasteiger partial charge is 0.490 e. The van der Waals surface area contributed by atoms with Gasteiger partial charge in [0.25, 0.3) is 5.56 Å². The van der Waals surface area contributed by atoms with Gasteiger partial charge in [0, 0.05) is 22.7 Å². The van der Waals surface area contributed by atoms with Gasteiger partial charge < -0.3 is 10.1 Å². The van der Waals surface area contributed by atoms with Gasteiger partial charge in [-0.25, -0.2) is 4.98 Å². The van der Waals surface area contributed by atoms with Crippen molar-refractivity contribution in [3.05, 3.63) is 50.1 Å². The molecule has 0 aromatic carbocycles. The van der Waals surface area contributed by atoms with Crippen molar-refractivity contribution >= 4 is 22.2 Å². The van der Waals surface area contributed by atoms with Gasteiger partial charge in [0.2, 0.25) is 6.33 Å². The molecular formula is C9H6N6O3S. The van der Waals surface area contributed by atoms with Gasteiger partial charge in [0.05, 0.1) is 5.69 Å². The van der Waals surface area contributed by atoms with E-state index < -0.39 is 10.9 Å². The number of nitro groups is 1. The Morgan fingerprint density at radius 3 is 3.05 bits per heavy atom. The highest BCUT2D eigenvalue weighted by atomic mass is 32.1. The van der Waals surface area contributed by atoms with E-state index in [2.05, 4.69) is 15.1 Å². The number of rotatable bonds is 3. The quantitative estimate of drug-likeness (QED) is 0.503. The van der Waals surface area contributed by atoms with Gasteiger partial charge in [-0.3, -0.25) is 9.20 Å². The molecule has 0 amide bonds. The lowest BCUT2D eigenvalue weighted by Crippen LogP contribution is -2.14. The summed E-state index contributed by atoms with van der Waals surface area (Å²) in [5.41, 5.74) is 0.281. The minimum atomic E-state index is -0.679. The van der Waals surface area contributed by atoms with Crippen LogP contribution in [0.5, 0.6) is 0 Å². The third-order valence-electron chi connectivity index (χ3n) is 2.37. The van der Waals surface area contributed by atoms with Crippen LogP contribution in [-0.4, -0.2) is 29.1 Å². The maximum Gasteiger partial charge on any atom is 0.490 e. The second kappa shape index (κ2) is 4.24. The molecular weight excluding hydrogens is 272 g/mol. The second-order valence-corrected chi connectivity index (χ2v) is 4.51. The van der Waals surface area contributed by atoms with Crippen LogP contribution in [0.2, 0.25) is 0 Å². The van der Waals surface area contributed by atoms with Crippen LogP contribution < -0.4 is 5.56 Å². The number of fused-ring (bicyclic) bond motifs is 1. The summed E-state index contributed by atoms with van der Waals surface area (Å²) in [5, 5.41) is 15.9. The van der Waals surface area contributed by atoms with Crippen molar-refractivity contribution in [1.29, 1.82) is 0 Å². The van der Waals surface area contributed by atoms with Crippen LogP contribution in [0.15, 0.2) is 28.8 Å². The minimum Gasteiger partial charge on any atom is -0.390 e. The van der Waals surface area contributed by atoms with E-state index in [4.69, 9.17) is 0 Å². The number of aromatic nitrogens is 5. The summed E-state index contributed by atoms with van der Waals surface area (Å²) in [5.74, 6) is -0.478. The van der Waals surface area contributed by atoms with E-state index in [0.29, 0.717) is 10.7 Å². The molecule has 0 fully saturated rings. The van der Waals surface area contributed by atoms with Crippen molar-refractivity contribution in [2.75, 3.05) is 0 Å². The number of nitrogens with zero attached hydrogens (tertiary/aromatic N) is 6. The van der Waals surface area contributed by atoms with Crippen molar-refractivity contribution in [2.45, 2.75) is 6.54 Å². The topological polar surface area (TPSA) is 108 Å². The highest BCUT2D eigenvalue weighted by molar-refractivity contribution is 7.15. The van der Waals surface area contributed by atoms with E-state index in [1.54, 1.807) is 11.6 Å². The monoisotopic (exact) mass is 278 g/mol. The van der Waals surface area contributed by atoms with Gasteiger partial charge in [-0.2, -0.15) is 4.68 Å². The lowest BCUT2D eigenvalue weighted by Gasteiger charge is -1.98. The lowest BCUT2D eigenvalue weighted by atomic mass is 10.4. The SMILES string of the molecule is O=c1cc(Cn2cnc([N+](=O)[O-])n2)nc2sccn12. The molecule has 3 heterocycles. The first-order chi connectivity index (χ1) is 9.13. The number of hydrogen-bond acceptors (Lipinski definition) is 7. The summed E-state index contributed by atoms with van der Waals surface area (Å²) in [7, 11) is 0. The smallest absolute Gasteiger partial charge is 0.390 e. The van der Waals surface area contributed by atoms with E-state index in [1.165, 1.54) is 32.8 Å². The maximum absolute atomic E-state index is 11.7. The average molecular weight is 278 g/mol. The van der Waals surface area contributed by atoms with Crippen LogP contribution in [0.1, 0.15) is 5.69 Å². The van der Waals surface area contributed by atoms with Crippen molar-refractivity contribution in [1.82, 2.24) is 24.1 Å². The van der Waals surface area contributed by atoms with Crippen LogP contribution in [0, 0.1) is 10.1 Å². The van der Waals surface area contributed by atoms with E-state index in [0.717, 1.165) is 0 Å². The van der Waals surface area contributed by atoms with Crippen molar-refractivity contribution in [3.63, 3.8) is 0 Å². The minimum absolute atomic E-state index is 0.157. The second-order valence-electron chi connectivity index (χ2n) is 3.64.